The fourth-order valence-corrected chi connectivity index (χ4v) is 7.51. The number of carbonyl (C=O) groups is 4. The molecule has 0 radical (unpaired) electrons. The molecule has 1 aliphatic carbocycles. The van der Waals surface area contributed by atoms with Crippen molar-refractivity contribution in [1.82, 2.24) is 14.7 Å². The fraction of sp³-hybridized carbons (Fsp3) is 0.556. The van der Waals surface area contributed by atoms with Crippen molar-refractivity contribution in [3.63, 3.8) is 0 Å². The molecular formula is C36H45N3O7. The minimum absolute atomic E-state index is 0.0404. The van der Waals surface area contributed by atoms with Gasteiger partial charge < -0.3 is 28.9 Å². The van der Waals surface area contributed by atoms with Gasteiger partial charge in [0.1, 0.15) is 5.41 Å². The lowest BCUT2D eigenvalue weighted by molar-refractivity contribution is -0.182. The first-order valence-electron chi connectivity index (χ1n) is 16.6. The van der Waals surface area contributed by atoms with Gasteiger partial charge in [0.2, 0.25) is 11.8 Å². The van der Waals surface area contributed by atoms with Crippen LogP contribution in [-0.2, 0) is 35.1 Å². The van der Waals surface area contributed by atoms with Crippen LogP contribution in [0.1, 0.15) is 52.0 Å². The molecule has 0 spiro atoms. The van der Waals surface area contributed by atoms with E-state index in [1.165, 1.54) is 7.11 Å². The van der Waals surface area contributed by atoms with Gasteiger partial charge in [0.15, 0.2) is 0 Å². The lowest BCUT2D eigenvalue weighted by Crippen LogP contribution is -2.62. The number of hydrogen-bond acceptors (Lipinski definition) is 7. The summed E-state index contributed by atoms with van der Waals surface area (Å²) in [7, 11) is 1.39. The molecule has 0 unspecified atom stereocenters. The van der Waals surface area contributed by atoms with Crippen molar-refractivity contribution in [2.24, 2.45) is 23.2 Å². The van der Waals surface area contributed by atoms with E-state index in [4.69, 9.17) is 14.2 Å². The van der Waals surface area contributed by atoms with Crippen molar-refractivity contribution in [2.75, 3.05) is 39.9 Å². The van der Waals surface area contributed by atoms with Crippen LogP contribution in [0.25, 0.3) is 10.8 Å². The Morgan fingerprint density at radius 3 is 2.37 bits per heavy atom. The number of hydrogen-bond donors (Lipinski definition) is 0. The van der Waals surface area contributed by atoms with Crippen LogP contribution in [0.3, 0.4) is 0 Å². The third kappa shape index (κ3) is 5.87. The highest BCUT2D eigenvalue weighted by atomic mass is 16.6. The van der Waals surface area contributed by atoms with Crippen LogP contribution in [0.2, 0.25) is 0 Å². The molecular weight excluding hydrogens is 586 g/mol. The Morgan fingerprint density at radius 2 is 1.70 bits per heavy atom. The van der Waals surface area contributed by atoms with Crippen LogP contribution in [0.5, 0.6) is 0 Å². The number of rotatable bonds is 8. The largest absolute Gasteiger partial charge is 0.468 e. The molecule has 246 valence electrons. The second-order valence-electron chi connectivity index (χ2n) is 13.4. The second kappa shape index (κ2) is 13.1. The zero-order chi connectivity index (χ0) is 32.6. The summed E-state index contributed by atoms with van der Waals surface area (Å²) in [6.45, 7) is 7.92. The highest BCUT2D eigenvalue weighted by Gasteiger charge is 2.64. The summed E-state index contributed by atoms with van der Waals surface area (Å²) in [6, 6.07) is 14.1. The lowest BCUT2D eigenvalue weighted by Gasteiger charge is -2.53. The highest BCUT2D eigenvalue weighted by molar-refractivity contribution is 5.93. The zero-order valence-corrected chi connectivity index (χ0v) is 27.3. The molecule has 2 aromatic rings. The predicted octanol–water partition coefficient (Wildman–Crippen LogP) is 4.76. The predicted molar refractivity (Wildman–Crippen MR) is 171 cm³/mol. The van der Waals surface area contributed by atoms with E-state index in [-0.39, 0.29) is 55.2 Å². The average Bonchev–Trinajstić information content (AvgIpc) is 3.91. The topological polar surface area (TPSA) is 106 Å². The van der Waals surface area contributed by atoms with Crippen molar-refractivity contribution in [3.8, 4) is 0 Å². The molecule has 3 aliphatic heterocycles. The van der Waals surface area contributed by atoms with Crippen molar-refractivity contribution >= 4 is 34.6 Å². The van der Waals surface area contributed by atoms with Gasteiger partial charge in [-0.1, -0.05) is 56.3 Å². The third-order valence-corrected chi connectivity index (χ3v) is 10.1. The molecule has 10 nitrogen and oxygen atoms in total. The Bertz CT molecular complexity index is 1520. The monoisotopic (exact) mass is 631 g/mol. The molecule has 10 heteroatoms. The molecule has 1 saturated carbocycles. The Labute approximate surface area is 270 Å². The van der Waals surface area contributed by atoms with E-state index >= 15 is 0 Å². The van der Waals surface area contributed by atoms with Gasteiger partial charge in [0.25, 0.3) is 0 Å². The van der Waals surface area contributed by atoms with Crippen LogP contribution in [0.15, 0.2) is 54.2 Å². The van der Waals surface area contributed by atoms with Gasteiger partial charge in [0.05, 0.1) is 32.5 Å². The van der Waals surface area contributed by atoms with Crippen molar-refractivity contribution in [3.05, 3.63) is 59.8 Å². The van der Waals surface area contributed by atoms with E-state index < -0.39 is 23.4 Å². The van der Waals surface area contributed by atoms with Gasteiger partial charge in [0, 0.05) is 44.2 Å². The molecule has 0 aromatic heterocycles. The summed E-state index contributed by atoms with van der Waals surface area (Å²) in [5.74, 6) is -1.21. The van der Waals surface area contributed by atoms with Gasteiger partial charge in [-0.25, -0.2) is 4.79 Å². The number of piperazine rings is 1. The summed E-state index contributed by atoms with van der Waals surface area (Å²) >= 11 is 0. The average molecular weight is 632 g/mol. The normalized spacial score (nSPS) is 26.5. The molecule has 0 bridgehead atoms. The molecule has 6 rings (SSSR count). The van der Waals surface area contributed by atoms with E-state index in [9.17, 15) is 19.2 Å². The van der Waals surface area contributed by atoms with Crippen molar-refractivity contribution < 1.29 is 33.4 Å². The number of carbonyl (C=O) groups excluding carboxylic acids is 4. The van der Waals surface area contributed by atoms with E-state index in [0.717, 1.165) is 29.2 Å². The SMILES string of the molecule is CCOC(=O)N1CCN(C(=O)C[C@H]2C[C@@]3(C(=O)OC)C(=C[C@H](C(C)C)O[C@@H]3C3CC3)N(Cc3cccc4ccccc34)C2=O)CC1. The zero-order valence-electron chi connectivity index (χ0n) is 27.3. The Morgan fingerprint density at radius 1 is 1.00 bits per heavy atom. The molecule has 4 atom stereocenters. The number of likely N-dealkylation sites (tertiary alicyclic amines) is 1. The van der Waals surface area contributed by atoms with Crippen molar-refractivity contribution in [1.29, 1.82) is 0 Å². The molecule has 3 fully saturated rings. The first-order chi connectivity index (χ1) is 22.2. The number of methoxy groups -OCH3 is 1. The Hall–Kier alpha value is -3.92. The number of esters is 1. The van der Waals surface area contributed by atoms with Gasteiger partial charge in [-0.2, -0.15) is 0 Å². The number of ether oxygens (including phenoxy) is 3. The maximum Gasteiger partial charge on any atom is 0.409 e. The van der Waals surface area contributed by atoms with E-state index in [0.29, 0.717) is 38.5 Å². The summed E-state index contributed by atoms with van der Waals surface area (Å²) in [6.07, 6.45) is 2.84. The number of piperidine rings is 1. The first-order valence-corrected chi connectivity index (χ1v) is 16.6. The standard InChI is InChI=1S/C36H45N3O7/c1-5-45-35(43)38-17-15-37(16-18-38)31(40)19-27-21-36(34(42)44-4)30(20-29(23(2)3)46-32(36)25-13-14-25)39(33(27)41)22-26-11-8-10-24-9-6-7-12-28(24)26/h6-12,20,23,25,27,29,32H,5,13-19,21-22H2,1-4H3/t27-,29+,32+,36+/m0/s1. The van der Waals surface area contributed by atoms with Crippen LogP contribution in [0, 0.1) is 23.2 Å². The van der Waals surface area contributed by atoms with Gasteiger partial charge in [-0.15, -0.1) is 0 Å². The number of nitrogens with zero attached hydrogens (tertiary/aromatic N) is 3. The maximum atomic E-state index is 14.6. The highest BCUT2D eigenvalue weighted by Crippen LogP contribution is 2.57. The van der Waals surface area contributed by atoms with Crippen LogP contribution in [0.4, 0.5) is 4.79 Å². The smallest absolute Gasteiger partial charge is 0.409 e. The number of amides is 3. The van der Waals surface area contributed by atoms with E-state index in [2.05, 4.69) is 13.8 Å². The number of benzene rings is 2. The third-order valence-electron chi connectivity index (χ3n) is 10.1. The second-order valence-corrected chi connectivity index (χ2v) is 13.4. The molecule has 4 aliphatic rings. The lowest BCUT2D eigenvalue weighted by atomic mass is 9.64. The summed E-state index contributed by atoms with van der Waals surface area (Å²) in [5.41, 5.74) is 0.391. The summed E-state index contributed by atoms with van der Waals surface area (Å²) in [5, 5.41) is 2.10. The molecule has 3 amide bonds. The minimum Gasteiger partial charge on any atom is -0.468 e. The summed E-state index contributed by atoms with van der Waals surface area (Å²) < 4.78 is 17.4. The van der Waals surface area contributed by atoms with Gasteiger partial charge in [-0.3, -0.25) is 14.4 Å². The van der Waals surface area contributed by atoms with Gasteiger partial charge >= 0.3 is 12.1 Å². The summed E-state index contributed by atoms with van der Waals surface area (Å²) in [4.78, 5) is 59.8. The first kappa shape index (κ1) is 32.0. The Balaban J connectivity index is 1.37. The molecule has 46 heavy (non-hydrogen) atoms. The van der Waals surface area contributed by atoms with Gasteiger partial charge in [-0.05, 0) is 60.4 Å². The van der Waals surface area contributed by atoms with E-state index in [1.807, 2.05) is 48.5 Å². The Kier molecular flexibility index (Phi) is 9.10. The molecule has 2 saturated heterocycles. The quantitative estimate of drug-likeness (QED) is 0.387. The van der Waals surface area contributed by atoms with Crippen LogP contribution >= 0.6 is 0 Å². The van der Waals surface area contributed by atoms with Crippen LogP contribution in [-0.4, -0.2) is 90.7 Å². The van der Waals surface area contributed by atoms with Crippen LogP contribution < -0.4 is 0 Å². The molecule has 2 aromatic carbocycles. The molecule has 0 N–H and O–H groups in total. The molecule has 3 heterocycles. The maximum absolute atomic E-state index is 14.6. The minimum atomic E-state index is -1.21. The van der Waals surface area contributed by atoms with Crippen molar-refractivity contribution in [2.45, 2.75) is 65.2 Å². The fourth-order valence-electron chi connectivity index (χ4n) is 7.51. The van der Waals surface area contributed by atoms with E-state index in [1.54, 1.807) is 21.6 Å². The number of fused-ring (bicyclic) bond motifs is 2.